The van der Waals surface area contributed by atoms with Gasteiger partial charge in [0.25, 0.3) is 0 Å². The van der Waals surface area contributed by atoms with Gasteiger partial charge in [-0.3, -0.25) is 14.4 Å². The molecule has 0 saturated heterocycles. The molecule has 1 amide bonds. The number of thiazole rings is 1. The smallest absolute Gasteiger partial charge is 0.225 e. The molecule has 1 saturated carbocycles. The summed E-state index contributed by atoms with van der Waals surface area (Å²) in [5, 5.41) is 7.24. The molecule has 1 fully saturated rings. The van der Waals surface area contributed by atoms with Crippen LogP contribution in [0.2, 0.25) is 0 Å². The fourth-order valence-electron chi connectivity index (χ4n) is 2.76. The highest BCUT2D eigenvalue weighted by Gasteiger charge is 2.33. The van der Waals surface area contributed by atoms with Gasteiger partial charge in [-0.15, -0.1) is 11.3 Å². The lowest BCUT2D eigenvalue weighted by Gasteiger charge is -2.16. The minimum absolute atomic E-state index is 0.0730. The number of nitrogens with zero attached hydrogens (tertiary/aromatic N) is 4. The molecule has 1 aromatic carbocycles. The van der Waals surface area contributed by atoms with Gasteiger partial charge in [-0.1, -0.05) is 30.3 Å². The van der Waals surface area contributed by atoms with Crippen LogP contribution in [0.3, 0.4) is 0 Å². The van der Waals surface area contributed by atoms with Crippen LogP contribution in [0.25, 0.3) is 11.1 Å². The number of benzene rings is 1. The molecular formula is C18H18N4OS. The van der Waals surface area contributed by atoms with Gasteiger partial charge >= 0.3 is 0 Å². The van der Waals surface area contributed by atoms with Crippen LogP contribution in [0, 0.1) is 0 Å². The third-order valence-corrected chi connectivity index (χ3v) is 4.95. The summed E-state index contributed by atoms with van der Waals surface area (Å²) in [4.78, 5) is 18.3. The van der Waals surface area contributed by atoms with Gasteiger partial charge in [0.15, 0.2) is 5.13 Å². The van der Waals surface area contributed by atoms with E-state index in [1.807, 2.05) is 45.6 Å². The van der Waals surface area contributed by atoms with Crippen molar-refractivity contribution >= 4 is 22.4 Å². The Hall–Kier alpha value is -2.47. The van der Waals surface area contributed by atoms with Crippen molar-refractivity contribution in [3.63, 3.8) is 0 Å². The molecule has 0 aliphatic heterocycles. The lowest BCUT2D eigenvalue weighted by molar-refractivity contribution is -0.116. The summed E-state index contributed by atoms with van der Waals surface area (Å²) in [6.07, 6.45) is 6.05. The number of carbonyl (C=O) groups is 1. The normalized spacial score (nSPS) is 13.9. The summed E-state index contributed by atoms with van der Waals surface area (Å²) >= 11 is 1.53. The summed E-state index contributed by atoms with van der Waals surface area (Å²) in [7, 11) is 0. The predicted molar refractivity (Wildman–Crippen MR) is 95.1 cm³/mol. The molecule has 6 heteroatoms. The molecule has 4 rings (SSSR count). The van der Waals surface area contributed by atoms with Crippen LogP contribution in [0.1, 0.15) is 25.5 Å². The van der Waals surface area contributed by atoms with Gasteiger partial charge in [0, 0.05) is 30.1 Å². The zero-order valence-electron chi connectivity index (χ0n) is 13.4. The van der Waals surface area contributed by atoms with E-state index in [0.717, 1.165) is 34.8 Å². The number of aromatic nitrogens is 3. The second kappa shape index (κ2) is 6.20. The van der Waals surface area contributed by atoms with Gasteiger partial charge in [0.1, 0.15) is 0 Å². The minimum atomic E-state index is 0.0730. The van der Waals surface area contributed by atoms with Crippen molar-refractivity contribution in [3.05, 3.63) is 53.8 Å². The first-order valence-electron chi connectivity index (χ1n) is 8.03. The monoisotopic (exact) mass is 338 g/mol. The highest BCUT2D eigenvalue weighted by Crippen LogP contribution is 2.33. The number of hydrogen-bond donors (Lipinski definition) is 0. The van der Waals surface area contributed by atoms with Crippen molar-refractivity contribution in [2.75, 3.05) is 4.90 Å². The van der Waals surface area contributed by atoms with Crippen molar-refractivity contribution in [1.82, 2.24) is 14.8 Å². The Morgan fingerprint density at radius 3 is 2.79 bits per heavy atom. The quantitative estimate of drug-likeness (QED) is 0.714. The number of carbonyl (C=O) groups excluding carboxylic acids is 1. The molecule has 0 unspecified atom stereocenters. The molecule has 0 N–H and O–H groups in total. The van der Waals surface area contributed by atoms with E-state index in [4.69, 9.17) is 0 Å². The maximum atomic E-state index is 11.8. The van der Waals surface area contributed by atoms with Crippen LogP contribution in [-0.2, 0) is 11.3 Å². The van der Waals surface area contributed by atoms with Crippen molar-refractivity contribution < 1.29 is 4.79 Å². The van der Waals surface area contributed by atoms with E-state index >= 15 is 0 Å². The average molecular weight is 338 g/mol. The number of hydrogen-bond acceptors (Lipinski definition) is 4. The summed E-state index contributed by atoms with van der Waals surface area (Å²) in [5.41, 5.74) is 3.18. The standard InChI is InChI=1S/C18H18N4OS/c1-13(23)22(17-7-8-17)18-20-16(12-24-18)11-21-10-15(9-19-21)14-5-3-2-4-6-14/h2-6,9-10,12,17H,7-8,11H2,1H3. The Balaban J connectivity index is 1.50. The van der Waals surface area contributed by atoms with E-state index in [1.54, 1.807) is 6.92 Å². The van der Waals surface area contributed by atoms with Gasteiger partial charge in [0.2, 0.25) is 5.91 Å². The summed E-state index contributed by atoms with van der Waals surface area (Å²) < 4.78 is 1.89. The highest BCUT2D eigenvalue weighted by atomic mass is 32.1. The Morgan fingerprint density at radius 2 is 2.08 bits per heavy atom. The van der Waals surface area contributed by atoms with Gasteiger partial charge in [0.05, 0.1) is 18.4 Å². The molecule has 1 aliphatic carbocycles. The summed E-state index contributed by atoms with van der Waals surface area (Å²) in [6.45, 7) is 2.22. The summed E-state index contributed by atoms with van der Waals surface area (Å²) in [6, 6.07) is 10.5. The molecule has 122 valence electrons. The Labute approximate surface area is 144 Å². The Morgan fingerprint density at radius 1 is 1.29 bits per heavy atom. The summed E-state index contributed by atoms with van der Waals surface area (Å²) in [5.74, 6) is 0.0730. The first-order chi connectivity index (χ1) is 11.7. The zero-order chi connectivity index (χ0) is 16.5. The van der Waals surface area contributed by atoms with Crippen molar-refractivity contribution in [2.45, 2.75) is 32.4 Å². The minimum Gasteiger partial charge on any atom is -0.285 e. The van der Waals surface area contributed by atoms with E-state index in [9.17, 15) is 4.79 Å². The molecule has 2 aromatic heterocycles. The van der Waals surface area contributed by atoms with Gasteiger partial charge in [-0.05, 0) is 18.4 Å². The molecule has 0 spiro atoms. The average Bonchev–Trinajstić information content (AvgIpc) is 3.11. The van der Waals surface area contributed by atoms with Crippen LogP contribution < -0.4 is 4.90 Å². The Kier molecular flexibility index (Phi) is 3.90. The molecule has 0 radical (unpaired) electrons. The van der Waals surface area contributed by atoms with Crippen molar-refractivity contribution in [1.29, 1.82) is 0 Å². The first-order valence-corrected chi connectivity index (χ1v) is 8.91. The van der Waals surface area contributed by atoms with Crippen LogP contribution in [0.4, 0.5) is 5.13 Å². The number of amides is 1. The lowest BCUT2D eigenvalue weighted by atomic mass is 10.1. The van der Waals surface area contributed by atoms with Crippen molar-refractivity contribution in [3.8, 4) is 11.1 Å². The van der Waals surface area contributed by atoms with Gasteiger partial charge in [-0.2, -0.15) is 5.10 Å². The molecule has 1 aliphatic rings. The van der Waals surface area contributed by atoms with E-state index in [2.05, 4.69) is 22.2 Å². The fourth-order valence-corrected chi connectivity index (χ4v) is 3.69. The fraction of sp³-hybridized carbons (Fsp3) is 0.278. The molecule has 3 aromatic rings. The third-order valence-electron chi connectivity index (χ3n) is 4.06. The second-order valence-corrected chi connectivity index (χ2v) is 6.87. The predicted octanol–water partition coefficient (Wildman–Crippen LogP) is 3.57. The van der Waals surface area contributed by atoms with Gasteiger partial charge in [-0.25, -0.2) is 4.98 Å². The second-order valence-electron chi connectivity index (χ2n) is 6.03. The lowest BCUT2D eigenvalue weighted by Crippen LogP contribution is -2.30. The molecular weight excluding hydrogens is 320 g/mol. The molecule has 5 nitrogen and oxygen atoms in total. The largest absolute Gasteiger partial charge is 0.285 e. The first kappa shape index (κ1) is 15.1. The molecule has 0 bridgehead atoms. The van der Waals surface area contributed by atoms with Crippen LogP contribution in [0.5, 0.6) is 0 Å². The zero-order valence-corrected chi connectivity index (χ0v) is 14.2. The van der Waals surface area contributed by atoms with E-state index < -0.39 is 0 Å². The van der Waals surface area contributed by atoms with E-state index in [0.29, 0.717) is 12.6 Å². The maximum absolute atomic E-state index is 11.8. The number of anilines is 1. The molecule has 2 heterocycles. The molecule has 0 atom stereocenters. The maximum Gasteiger partial charge on any atom is 0.225 e. The van der Waals surface area contributed by atoms with Crippen LogP contribution in [0.15, 0.2) is 48.1 Å². The third kappa shape index (κ3) is 3.10. The van der Waals surface area contributed by atoms with Crippen LogP contribution in [-0.4, -0.2) is 26.7 Å². The number of rotatable bonds is 5. The highest BCUT2D eigenvalue weighted by molar-refractivity contribution is 7.14. The van der Waals surface area contributed by atoms with Crippen molar-refractivity contribution in [2.24, 2.45) is 0 Å². The van der Waals surface area contributed by atoms with Gasteiger partial charge < -0.3 is 0 Å². The Bertz CT molecular complexity index is 851. The van der Waals surface area contributed by atoms with E-state index in [1.165, 1.54) is 11.3 Å². The molecule has 24 heavy (non-hydrogen) atoms. The topological polar surface area (TPSA) is 51.0 Å². The van der Waals surface area contributed by atoms with E-state index in [-0.39, 0.29) is 5.91 Å². The SMILES string of the molecule is CC(=O)N(c1nc(Cn2cc(-c3ccccc3)cn2)cs1)C1CC1. The van der Waals surface area contributed by atoms with Crippen LogP contribution >= 0.6 is 11.3 Å².